The largest absolute Gasteiger partial charge is 0.377 e. The van der Waals surface area contributed by atoms with Crippen molar-refractivity contribution in [2.24, 2.45) is 0 Å². The SMILES string of the molecule is CSc1ccc(C(C)NC(=O)c2ccc(S(=O)(=O)NCC3CCCO3)cc2)cc1. The molecule has 1 aliphatic heterocycles. The highest BCUT2D eigenvalue weighted by atomic mass is 32.2. The standard InChI is InChI=1S/C21H26N2O4S2/c1-15(16-5-9-19(28-2)10-6-16)23-21(24)17-7-11-20(12-8-17)29(25,26)22-14-18-4-3-13-27-18/h5-12,15,18,22H,3-4,13-14H2,1-2H3,(H,23,24). The van der Waals surface area contributed by atoms with Crippen LogP contribution in [0.4, 0.5) is 0 Å². The van der Waals surface area contributed by atoms with E-state index in [1.165, 1.54) is 24.3 Å². The number of benzene rings is 2. The summed E-state index contributed by atoms with van der Waals surface area (Å²) in [6.07, 6.45) is 3.76. The lowest BCUT2D eigenvalue weighted by Gasteiger charge is -2.15. The van der Waals surface area contributed by atoms with Crippen molar-refractivity contribution < 1.29 is 17.9 Å². The highest BCUT2D eigenvalue weighted by Gasteiger charge is 2.20. The third-order valence-corrected chi connectivity index (χ3v) is 7.10. The van der Waals surface area contributed by atoms with Crippen LogP contribution in [0, 0.1) is 0 Å². The number of carbonyl (C=O) groups is 1. The van der Waals surface area contributed by atoms with Crippen molar-refractivity contribution in [1.82, 2.24) is 10.0 Å². The van der Waals surface area contributed by atoms with Crippen molar-refractivity contribution in [2.75, 3.05) is 19.4 Å². The molecule has 156 valence electrons. The highest BCUT2D eigenvalue weighted by molar-refractivity contribution is 7.98. The van der Waals surface area contributed by atoms with E-state index in [-0.39, 0.29) is 29.5 Å². The average molecular weight is 435 g/mol. The number of rotatable bonds is 8. The molecule has 1 amide bonds. The van der Waals surface area contributed by atoms with Gasteiger partial charge in [0.2, 0.25) is 10.0 Å². The van der Waals surface area contributed by atoms with E-state index in [0.29, 0.717) is 12.2 Å². The topological polar surface area (TPSA) is 84.5 Å². The number of nitrogens with one attached hydrogen (secondary N) is 2. The Balaban J connectivity index is 1.60. The van der Waals surface area contributed by atoms with Crippen LogP contribution < -0.4 is 10.0 Å². The van der Waals surface area contributed by atoms with Crippen LogP contribution in [0.2, 0.25) is 0 Å². The summed E-state index contributed by atoms with van der Waals surface area (Å²) in [4.78, 5) is 13.8. The van der Waals surface area contributed by atoms with Gasteiger partial charge in [-0.1, -0.05) is 12.1 Å². The van der Waals surface area contributed by atoms with Crippen molar-refractivity contribution in [2.45, 2.75) is 41.7 Å². The normalized spacial score (nSPS) is 17.8. The fraction of sp³-hybridized carbons (Fsp3) is 0.381. The predicted octanol–water partition coefficient (Wildman–Crippen LogP) is 3.36. The maximum absolute atomic E-state index is 12.5. The highest BCUT2D eigenvalue weighted by Crippen LogP contribution is 2.20. The second-order valence-electron chi connectivity index (χ2n) is 6.98. The first kappa shape index (κ1) is 21.8. The number of carbonyl (C=O) groups excluding carboxylic acids is 1. The molecule has 1 aliphatic rings. The van der Waals surface area contributed by atoms with E-state index in [0.717, 1.165) is 23.3 Å². The number of hydrogen-bond donors (Lipinski definition) is 2. The van der Waals surface area contributed by atoms with Crippen LogP contribution in [0.5, 0.6) is 0 Å². The molecule has 1 saturated heterocycles. The summed E-state index contributed by atoms with van der Waals surface area (Å²) >= 11 is 1.67. The average Bonchev–Trinajstić information content (AvgIpc) is 3.26. The van der Waals surface area contributed by atoms with Gasteiger partial charge in [0.15, 0.2) is 0 Å². The summed E-state index contributed by atoms with van der Waals surface area (Å²) < 4.78 is 32.8. The van der Waals surface area contributed by atoms with Gasteiger partial charge in [-0.05, 0) is 68.0 Å². The minimum Gasteiger partial charge on any atom is -0.377 e. The molecular formula is C21H26N2O4S2. The zero-order valence-electron chi connectivity index (χ0n) is 16.6. The summed E-state index contributed by atoms with van der Waals surface area (Å²) in [5.41, 5.74) is 1.42. The van der Waals surface area contributed by atoms with Crippen molar-refractivity contribution in [3.05, 3.63) is 59.7 Å². The lowest BCUT2D eigenvalue weighted by molar-refractivity contribution is 0.0939. The number of amides is 1. The maximum atomic E-state index is 12.5. The van der Waals surface area contributed by atoms with E-state index in [1.807, 2.05) is 37.4 Å². The molecule has 0 radical (unpaired) electrons. The van der Waals surface area contributed by atoms with Crippen LogP contribution >= 0.6 is 11.8 Å². The van der Waals surface area contributed by atoms with Gasteiger partial charge >= 0.3 is 0 Å². The molecule has 8 heteroatoms. The molecule has 3 rings (SSSR count). The van der Waals surface area contributed by atoms with Gasteiger partial charge in [0.25, 0.3) is 5.91 Å². The number of hydrogen-bond acceptors (Lipinski definition) is 5. The second-order valence-corrected chi connectivity index (χ2v) is 9.63. The fourth-order valence-corrected chi connectivity index (χ4v) is 4.61. The van der Waals surface area contributed by atoms with E-state index in [2.05, 4.69) is 10.0 Å². The summed E-state index contributed by atoms with van der Waals surface area (Å²) in [7, 11) is -3.63. The van der Waals surface area contributed by atoms with Gasteiger partial charge in [-0.25, -0.2) is 13.1 Å². The maximum Gasteiger partial charge on any atom is 0.251 e. The third kappa shape index (κ3) is 5.82. The summed E-state index contributed by atoms with van der Waals surface area (Å²) in [5.74, 6) is -0.247. The molecule has 2 aromatic carbocycles. The van der Waals surface area contributed by atoms with Crippen molar-refractivity contribution in [3.8, 4) is 0 Å². The van der Waals surface area contributed by atoms with Crippen LogP contribution in [0.25, 0.3) is 0 Å². The molecule has 0 aliphatic carbocycles. The van der Waals surface area contributed by atoms with E-state index in [1.54, 1.807) is 11.8 Å². The first-order chi connectivity index (χ1) is 13.9. The Morgan fingerprint density at radius 3 is 2.45 bits per heavy atom. The van der Waals surface area contributed by atoms with E-state index in [4.69, 9.17) is 4.74 Å². The molecule has 6 nitrogen and oxygen atoms in total. The zero-order valence-corrected chi connectivity index (χ0v) is 18.2. The lowest BCUT2D eigenvalue weighted by Crippen LogP contribution is -2.32. The number of thioether (sulfide) groups is 1. The minimum atomic E-state index is -3.63. The van der Waals surface area contributed by atoms with Gasteiger partial charge in [-0.2, -0.15) is 0 Å². The summed E-state index contributed by atoms with van der Waals surface area (Å²) in [6.45, 7) is 2.85. The van der Waals surface area contributed by atoms with Gasteiger partial charge in [-0.3, -0.25) is 4.79 Å². The van der Waals surface area contributed by atoms with E-state index >= 15 is 0 Å². The Kier molecular flexibility index (Phi) is 7.34. The lowest BCUT2D eigenvalue weighted by atomic mass is 10.1. The minimum absolute atomic E-state index is 0.0682. The molecule has 29 heavy (non-hydrogen) atoms. The molecule has 0 aromatic heterocycles. The van der Waals surface area contributed by atoms with Crippen LogP contribution in [0.3, 0.4) is 0 Å². The van der Waals surface area contributed by atoms with Crippen molar-refractivity contribution in [1.29, 1.82) is 0 Å². The van der Waals surface area contributed by atoms with Gasteiger partial charge in [0, 0.05) is 23.6 Å². The van der Waals surface area contributed by atoms with Crippen LogP contribution in [0.15, 0.2) is 58.3 Å². The van der Waals surface area contributed by atoms with Gasteiger partial charge < -0.3 is 10.1 Å². The second kappa shape index (κ2) is 9.75. The summed E-state index contributed by atoms with van der Waals surface area (Å²) in [6, 6.07) is 13.8. The molecule has 0 bridgehead atoms. The Morgan fingerprint density at radius 1 is 1.17 bits per heavy atom. The molecule has 0 spiro atoms. The molecule has 0 saturated carbocycles. The fourth-order valence-electron chi connectivity index (χ4n) is 3.13. The Labute approximate surface area is 176 Å². The van der Waals surface area contributed by atoms with Gasteiger partial charge in [0.05, 0.1) is 17.0 Å². The zero-order chi connectivity index (χ0) is 20.9. The molecule has 1 fully saturated rings. The number of sulfonamides is 1. The smallest absolute Gasteiger partial charge is 0.251 e. The van der Waals surface area contributed by atoms with Gasteiger partial charge in [-0.15, -0.1) is 11.8 Å². The summed E-state index contributed by atoms with van der Waals surface area (Å²) in [5, 5.41) is 2.94. The van der Waals surface area contributed by atoms with Crippen LogP contribution in [-0.4, -0.2) is 39.8 Å². The first-order valence-electron chi connectivity index (χ1n) is 9.55. The van der Waals surface area contributed by atoms with Crippen LogP contribution in [-0.2, 0) is 14.8 Å². The Hall–Kier alpha value is -1.87. The molecule has 2 unspecified atom stereocenters. The monoisotopic (exact) mass is 434 g/mol. The molecular weight excluding hydrogens is 408 g/mol. The Morgan fingerprint density at radius 2 is 1.86 bits per heavy atom. The predicted molar refractivity (Wildman–Crippen MR) is 115 cm³/mol. The molecule has 2 N–H and O–H groups in total. The van der Waals surface area contributed by atoms with E-state index < -0.39 is 10.0 Å². The third-order valence-electron chi connectivity index (χ3n) is 4.92. The first-order valence-corrected chi connectivity index (χ1v) is 12.3. The quantitative estimate of drug-likeness (QED) is 0.623. The molecule has 2 atom stereocenters. The van der Waals surface area contributed by atoms with Gasteiger partial charge in [0.1, 0.15) is 0 Å². The Bertz CT molecular complexity index is 922. The van der Waals surface area contributed by atoms with Crippen LogP contribution in [0.1, 0.15) is 41.7 Å². The van der Waals surface area contributed by atoms with Crippen molar-refractivity contribution in [3.63, 3.8) is 0 Å². The number of ether oxygens (including phenoxy) is 1. The van der Waals surface area contributed by atoms with Crippen molar-refractivity contribution >= 4 is 27.7 Å². The van der Waals surface area contributed by atoms with E-state index in [9.17, 15) is 13.2 Å². The molecule has 2 aromatic rings. The molecule has 1 heterocycles.